The summed E-state index contributed by atoms with van der Waals surface area (Å²) in [6, 6.07) is 14.4. The van der Waals surface area contributed by atoms with E-state index in [1.807, 2.05) is 80.1 Å². The third-order valence-corrected chi connectivity index (χ3v) is 5.68. The molecule has 0 bridgehead atoms. The van der Waals surface area contributed by atoms with Crippen LogP contribution < -0.4 is 24.5 Å². The number of amides is 2. The van der Waals surface area contributed by atoms with E-state index in [9.17, 15) is 9.59 Å². The molecule has 35 heavy (non-hydrogen) atoms. The van der Waals surface area contributed by atoms with Gasteiger partial charge in [-0.1, -0.05) is 6.07 Å². The number of ether oxygens (including phenoxy) is 1. The number of hydrogen-bond donors (Lipinski definition) is 2. The number of carbonyl (C=O) groups is 2. The first kappa shape index (κ1) is 23.7. The molecule has 0 fully saturated rings. The number of nitrogens with zero attached hydrogens (tertiary/aromatic N) is 4. The Kier molecular flexibility index (Phi) is 6.96. The van der Waals surface area contributed by atoms with Gasteiger partial charge in [0, 0.05) is 17.4 Å². The van der Waals surface area contributed by atoms with Crippen LogP contribution in [0.1, 0.15) is 35.1 Å². The van der Waals surface area contributed by atoms with E-state index in [2.05, 4.69) is 10.6 Å². The second-order valence-corrected chi connectivity index (χ2v) is 8.10. The van der Waals surface area contributed by atoms with E-state index in [4.69, 9.17) is 4.74 Å². The predicted octanol–water partition coefficient (Wildman–Crippen LogP) is 3.28. The van der Waals surface area contributed by atoms with Crippen LogP contribution in [-0.2, 0) is 27.2 Å². The van der Waals surface area contributed by atoms with Crippen molar-refractivity contribution in [3.8, 4) is 11.5 Å². The number of nitrogens with one attached hydrogen (secondary N) is 2. The zero-order valence-corrected chi connectivity index (χ0v) is 20.4. The number of carbonyl (C=O) groups excluding carboxylic acids is 2. The Labute approximate surface area is 204 Å². The number of rotatable bonds is 8. The Morgan fingerprint density at radius 3 is 1.86 bits per heavy atom. The first-order valence-electron chi connectivity index (χ1n) is 11.5. The molecule has 0 spiro atoms. The molecule has 0 aliphatic heterocycles. The van der Waals surface area contributed by atoms with E-state index in [-0.39, 0.29) is 11.8 Å². The van der Waals surface area contributed by atoms with E-state index in [0.29, 0.717) is 47.6 Å². The van der Waals surface area contributed by atoms with E-state index in [0.717, 1.165) is 0 Å². The highest BCUT2D eigenvalue weighted by Gasteiger charge is 2.23. The number of aromatic nitrogens is 4. The number of hydrogen-bond acceptors (Lipinski definition) is 3. The van der Waals surface area contributed by atoms with E-state index in [1.54, 1.807) is 39.5 Å². The van der Waals surface area contributed by atoms with Crippen LogP contribution >= 0.6 is 0 Å². The normalized spacial score (nSPS) is 10.7. The molecule has 0 saturated heterocycles. The zero-order valence-electron chi connectivity index (χ0n) is 20.4. The van der Waals surface area contributed by atoms with Gasteiger partial charge in [-0.05, 0) is 50.2 Å². The minimum Gasteiger partial charge on any atom is -0.457 e. The Bertz CT molecular complexity index is 1350. The van der Waals surface area contributed by atoms with Crippen molar-refractivity contribution in [3.63, 3.8) is 0 Å². The highest BCUT2D eigenvalue weighted by atomic mass is 16.5. The predicted molar refractivity (Wildman–Crippen MR) is 131 cm³/mol. The van der Waals surface area contributed by atoms with Crippen LogP contribution in [0.5, 0.6) is 11.5 Å². The minimum absolute atomic E-state index is 0.181. The van der Waals surface area contributed by atoms with Crippen molar-refractivity contribution in [1.82, 2.24) is 9.13 Å². The van der Waals surface area contributed by atoms with Crippen molar-refractivity contribution >= 4 is 23.2 Å². The van der Waals surface area contributed by atoms with Crippen molar-refractivity contribution in [3.05, 3.63) is 85.0 Å². The average molecular weight is 475 g/mol. The summed E-state index contributed by atoms with van der Waals surface area (Å²) in [5, 5.41) is 5.85. The molecular weight excluding hydrogens is 444 g/mol. The Balaban J connectivity index is 1.41. The number of anilines is 2. The number of aryl methyl sites for hydroxylation is 4. The van der Waals surface area contributed by atoms with Crippen LogP contribution in [0.25, 0.3) is 0 Å². The molecule has 9 nitrogen and oxygen atoms in total. The third kappa shape index (κ3) is 5.24. The van der Waals surface area contributed by atoms with Gasteiger partial charge in [-0.15, -0.1) is 0 Å². The molecule has 2 aromatic carbocycles. The van der Waals surface area contributed by atoms with Gasteiger partial charge in [0.25, 0.3) is 0 Å². The minimum atomic E-state index is -0.195. The molecule has 4 rings (SSSR count). The molecule has 0 unspecified atom stereocenters. The molecule has 2 aromatic heterocycles. The molecule has 180 valence electrons. The molecule has 0 atom stereocenters. The molecule has 2 amide bonds. The SMILES string of the molecule is CCn1cc[n+](C)c1C(=O)Nc1ccc(Oc2cccc(NC(=O)c3n(CC)cc[n+]3C)c2)cc1. The summed E-state index contributed by atoms with van der Waals surface area (Å²) in [6.45, 7) is 5.39. The van der Waals surface area contributed by atoms with Crippen LogP contribution in [0, 0.1) is 0 Å². The Morgan fingerprint density at radius 1 is 0.771 bits per heavy atom. The summed E-state index contributed by atoms with van der Waals surface area (Å²) in [4.78, 5) is 25.5. The van der Waals surface area contributed by atoms with Crippen LogP contribution in [0.15, 0.2) is 73.3 Å². The fraction of sp³-hybridized carbons (Fsp3) is 0.231. The standard InChI is InChI=1S/C26H28N6O3/c1-5-31-16-14-29(3)25(31)23(33)27-19-10-12-21(13-11-19)35-22-9-7-8-20(18-22)28-24(34)26-30(4)15-17-32(26)6-2/h7-18H,5-6H2,1-4H3/p+2. The van der Waals surface area contributed by atoms with Gasteiger partial charge in [0.1, 0.15) is 36.3 Å². The van der Waals surface area contributed by atoms with Crippen molar-refractivity contribution < 1.29 is 23.5 Å². The van der Waals surface area contributed by atoms with Gasteiger partial charge in [-0.2, -0.15) is 0 Å². The van der Waals surface area contributed by atoms with Crippen molar-refractivity contribution in [2.75, 3.05) is 10.6 Å². The lowest BCUT2D eigenvalue weighted by Gasteiger charge is -2.10. The highest BCUT2D eigenvalue weighted by molar-refractivity contribution is 6.01. The van der Waals surface area contributed by atoms with Crippen LogP contribution in [0.4, 0.5) is 11.4 Å². The van der Waals surface area contributed by atoms with Gasteiger partial charge < -0.3 is 15.4 Å². The highest BCUT2D eigenvalue weighted by Crippen LogP contribution is 2.25. The van der Waals surface area contributed by atoms with Gasteiger partial charge in [-0.3, -0.25) is 9.59 Å². The maximum absolute atomic E-state index is 12.8. The summed E-state index contributed by atoms with van der Waals surface area (Å²) in [6.07, 6.45) is 7.46. The van der Waals surface area contributed by atoms with E-state index < -0.39 is 0 Å². The maximum atomic E-state index is 12.8. The largest absolute Gasteiger partial charge is 0.457 e. The van der Waals surface area contributed by atoms with E-state index >= 15 is 0 Å². The van der Waals surface area contributed by atoms with Crippen LogP contribution in [0.3, 0.4) is 0 Å². The number of benzene rings is 2. The summed E-state index contributed by atoms with van der Waals surface area (Å²) < 4.78 is 13.3. The smallest absolute Gasteiger partial charge is 0.348 e. The summed E-state index contributed by atoms with van der Waals surface area (Å²) >= 11 is 0. The molecule has 2 heterocycles. The topological polar surface area (TPSA) is 85.1 Å². The molecular formula is C26H30N6O3+2. The maximum Gasteiger partial charge on any atom is 0.348 e. The zero-order chi connectivity index (χ0) is 24.9. The van der Waals surface area contributed by atoms with Crippen molar-refractivity contribution in [1.29, 1.82) is 0 Å². The average Bonchev–Trinajstić information content (AvgIpc) is 3.42. The summed E-state index contributed by atoms with van der Waals surface area (Å²) in [5.41, 5.74) is 1.30. The Hall–Kier alpha value is -4.40. The second-order valence-electron chi connectivity index (χ2n) is 8.10. The van der Waals surface area contributed by atoms with Gasteiger partial charge >= 0.3 is 23.5 Å². The molecule has 0 radical (unpaired) electrons. The lowest BCUT2D eigenvalue weighted by Crippen LogP contribution is -2.37. The van der Waals surface area contributed by atoms with Gasteiger partial charge in [0.15, 0.2) is 0 Å². The summed E-state index contributed by atoms with van der Waals surface area (Å²) in [5.74, 6) is 1.96. The molecule has 9 heteroatoms. The van der Waals surface area contributed by atoms with Crippen molar-refractivity contribution in [2.24, 2.45) is 14.1 Å². The lowest BCUT2D eigenvalue weighted by molar-refractivity contribution is -0.672. The first-order valence-corrected chi connectivity index (χ1v) is 11.5. The third-order valence-electron chi connectivity index (χ3n) is 5.68. The fourth-order valence-corrected chi connectivity index (χ4v) is 3.89. The number of imidazole rings is 2. The van der Waals surface area contributed by atoms with Gasteiger partial charge in [0.2, 0.25) is 0 Å². The van der Waals surface area contributed by atoms with Gasteiger partial charge in [-0.25, -0.2) is 18.3 Å². The second kappa shape index (κ2) is 10.3. The monoisotopic (exact) mass is 474 g/mol. The summed E-state index contributed by atoms with van der Waals surface area (Å²) in [7, 11) is 3.68. The molecule has 4 aromatic rings. The first-order chi connectivity index (χ1) is 16.9. The molecule has 0 aliphatic rings. The lowest BCUT2D eigenvalue weighted by atomic mass is 10.2. The molecule has 2 N–H and O–H groups in total. The van der Waals surface area contributed by atoms with Crippen LogP contribution in [0.2, 0.25) is 0 Å². The van der Waals surface area contributed by atoms with Crippen molar-refractivity contribution in [2.45, 2.75) is 26.9 Å². The van der Waals surface area contributed by atoms with Crippen LogP contribution in [-0.4, -0.2) is 20.9 Å². The fourth-order valence-electron chi connectivity index (χ4n) is 3.89. The quantitative estimate of drug-likeness (QED) is 0.385. The molecule has 0 saturated carbocycles. The molecule has 0 aliphatic carbocycles. The Morgan fingerprint density at radius 2 is 1.31 bits per heavy atom. The van der Waals surface area contributed by atoms with Gasteiger partial charge in [0.05, 0.1) is 27.2 Å². The van der Waals surface area contributed by atoms with E-state index in [1.165, 1.54) is 0 Å².